The van der Waals surface area contributed by atoms with Gasteiger partial charge in [-0.25, -0.2) is 0 Å². The first-order chi connectivity index (χ1) is 15.2. The molecule has 4 rings (SSSR count). The molecular formula is C23H19F2N5O2. The minimum Gasteiger partial charge on any atom is -0.433 e. The van der Waals surface area contributed by atoms with E-state index in [1.165, 1.54) is 18.5 Å². The second kappa shape index (κ2) is 7.96. The summed E-state index contributed by atoms with van der Waals surface area (Å²) in [5.41, 5.74) is 3.29. The lowest BCUT2D eigenvalue weighted by molar-refractivity contribution is -0.0500. The third-order valence-electron chi connectivity index (χ3n) is 5.33. The highest BCUT2D eigenvalue weighted by Gasteiger charge is 2.33. The summed E-state index contributed by atoms with van der Waals surface area (Å²) >= 11 is 0. The van der Waals surface area contributed by atoms with Crippen molar-refractivity contribution in [2.45, 2.75) is 39.3 Å². The van der Waals surface area contributed by atoms with Crippen LogP contribution in [0.1, 0.15) is 41.0 Å². The number of carbonyl (C=O) groups excluding carboxylic acids is 1. The third-order valence-corrected chi connectivity index (χ3v) is 5.33. The van der Waals surface area contributed by atoms with Gasteiger partial charge in [0.15, 0.2) is 0 Å². The molecule has 0 fully saturated rings. The Balaban J connectivity index is 1.69. The van der Waals surface area contributed by atoms with Gasteiger partial charge in [0.2, 0.25) is 0 Å². The zero-order valence-electron chi connectivity index (χ0n) is 17.6. The number of pyridine rings is 3. The lowest BCUT2D eigenvalue weighted by Crippen LogP contribution is -2.24. The standard InChI is InChI=1S/C23H19F2N5O2/c1-13-4-18(14-5-17(10-27-7-14)32-22(24)25)29-19-11-30(21(31)20(13)19)16-6-15(8-28-9-16)23(2,3)12-26/h4-10,22H,11H2,1-3H3. The van der Waals surface area contributed by atoms with E-state index in [9.17, 15) is 18.8 Å². The summed E-state index contributed by atoms with van der Waals surface area (Å²) in [5, 5.41) is 9.42. The number of nitriles is 1. The van der Waals surface area contributed by atoms with Crippen LogP contribution in [-0.4, -0.2) is 27.5 Å². The average Bonchev–Trinajstić information content (AvgIpc) is 3.10. The fourth-order valence-corrected chi connectivity index (χ4v) is 3.57. The van der Waals surface area contributed by atoms with E-state index in [2.05, 4.69) is 25.8 Å². The van der Waals surface area contributed by atoms with Crippen molar-refractivity contribution in [3.63, 3.8) is 0 Å². The van der Waals surface area contributed by atoms with Crippen LogP contribution >= 0.6 is 0 Å². The number of hydrogen-bond acceptors (Lipinski definition) is 6. The van der Waals surface area contributed by atoms with E-state index in [1.54, 1.807) is 50.2 Å². The van der Waals surface area contributed by atoms with Gasteiger partial charge in [-0.1, -0.05) is 0 Å². The van der Waals surface area contributed by atoms with Gasteiger partial charge in [-0.05, 0) is 50.1 Å². The molecule has 0 atom stereocenters. The second-order valence-electron chi connectivity index (χ2n) is 7.99. The molecule has 162 valence electrons. The summed E-state index contributed by atoms with van der Waals surface area (Å²) in [5.74, 6) is -0.281. The number of ether oxygens (including phenoxy) is 1. The van der Waals surface area contributed by atoms with Crippen LogP contribution in [0.5, 0.6) is 5.75 Å². The Hall–Kier alpha value is -3.93. The smallest absolute Gasteiger partial charge is 0.387 e. The van der Waals surface area contributed by atoms with E-state index >= 15 is 0 Å². The fraction of sp³-hybridized carbons (Fsp3) is 0.261. The van der Waals surface area contributed by atoms with Crippen LogP contribution in [0.4, 0.5) is 14.5 Å². The number of nitrogens with zero attached hydrogens (tertiary/aromatic N) is 5. The summed E-state index contributed by atoms with van der Waals surface area (Å²) in [6.07, 6.45) is 5.89. The van der Waals surface area contributed by atoms with Gasteiger partial charge < -0.3 is 9.64 Å². The van der Waals surface area contributed by atoms with Gasteiger partial charge in [-0.3, -0.25) is 19.7 Å². The molecule has 1 aliphatic rings. The molecule has 0 aromatic carbocycles. The second-order valence-corrected chi connectivity index (χ2v) is 7.99. The Labute approximate surface area is 183 Å². The van der Waals surface area contributed by atoms with Gasteiger partial charge in [0.1, 0.15) is 5.75 Å². The van der Waals surface area contributed by atoms with Crippen LogP contribution in [0, 0.1) is 18.3 Å². The number of carbonyl (C=O) groups is 1. The zero-order chi connectivity index (χ0) is 23.0. The van der Waals surface area contributed by atoms with Gasteiger partial charge in [-0.2, -0.15) is 14.0 Å². The van der Waals surface area contributed by atoms with E-state index < -0.39 is 12.0 Å². The van der Waals surface area contributed by atoms with Gasteiger partial charge >= 0.3 is 6.61 Å². The predicted octanol–water partition coefficient (Wildman–Crippen LogP) is 4.41. The molecule has 0 N–H and O–H groups in total. The number of halogens is 2. The molecule has 3 aromatic heterocycles. The number of aryl methyl sites for hydroxylation is 1. The molecule has 32 heavy (non-hydrogen) atoms. The van der Waals surface area contributed by atoms with E-state index in [1.807, 2.05) is 0 Å². The maximum Gasteiger partial charge on any atom is 0.387 e. The first kappa shape index (κ1) is 21.3. The normalized spacial score (nSPS) is 13.3. The maximum absolute atomic E-state index is 13.1. The van der Waals surface area contributed by atoms with Crippen molar-refractivity contribution in [3.8, 4) is 23.1 Å². The number of hydrogen-bond donors (Lipinski definition) is 0. The van der Waals surface area contributed by atoms with Gasteiger partial charge in [0.25, 0.3) is 5.91 Å². The zero-order valence-corrected chi connectivity index (χ0v) is 17.6. The number of amides is 1. The summed E-state index contributed by atoms with van der Waals surface area (Å²) in [6, 6.07) is 7.17. The highest BCUT2D eigenvalue weighted by Crippen LogP contribution is 2.34. The first-order valence-electron chi connectivity index (χ1n) is 9.79. The quantitative estimate of drug-likeness (QED) is 0.590. The Morgan fingerprint density at radius 2 is 1.91 bits per heavy atom. The number of rotatable bonds is 5. The van der Waals surface area contributed by atoms with Crippen molar-refractivity contribution in [3.05, 3.63) is 65.4 Å². The number of anilines is 1. The molecular weight excluding hydrogens is 416 g/mol. The lowest BCUT2D eigenvalue weighted by Gasteiger charge is -2.20. The Morgan fingerprint density at radius 3 is 2.62 bits per heavy atom. The monoisotopic (exact) mass is 435 g/mol. The van der Waals surface area contributed by atoms with E-state index in [0.29, 0.717) is 39.3 Å². The number of aromatic nitrogens is 3. The minimum absolute atomic E-state index is 0.0712. The third kappa shape index (κ3) is 3.87. The molecule has 1 amide bonds. The maximum atomic E-state index is 13.1. The summed E-state index contributed by atoms with van der Waals surface area (Å²) in [7, 11) is 0. The van der Waals surface area contributed by atoms with Gasteiger partial charge in [0, 0.05) is 18.0 Å². The number of fused-ring (bicyclic) bond motifs is 1. The molecule has 0 radical (unpaired) electrons. The summed E-state index contributed by atoms with van der Waals surface area (Å²) in [4.78, 5) is 27.5. The highest BCUT2D eigenvalue weighted by molar-refractivity contribution is 6.10. The molecule has 4 heterocycles. The molecule has 0 saturated heterocycles. The van der Waals surface area contributed by atoms with Crippen molar-refractivity contribution in [2.75, 3.05) is 4.90 Å². The molecule has 1 aliphatic heterocycles. The van der Waals surface area contributed by atoms with Crippen LogP contribution < -0.4 is 9.64 Å². The largest absolute Gasteiger partial charge is 0.433 e. The van der Waals surface area contributed by atoms with Crippen LogP contribution in [0.2, 0.25) is 0 Å². The van der Waals surface area contributed by atoms with Gasteiger partial charge in [0.05, 0.1) is 53.1 Å². The van der Waals surface area contributed by atoms with Crippen molar-refractivity contribution >= 4 is 11.6 Å². The number of alkyl halides is 2. The van der Waals surface area contributed by atoms with Crippen molar-refractivity contribution in [1.29, 1.82) is 5.26 Å². The highest BCUT2D eigenvalue weighted by atomic mass is 19.3. The van der Waals surface area contributed by atoms with Crippen LogP contribution in [0.25, 0.3) is 11.3 Å². The lowest BCUT2D eigenvalue weighted by atomic mass is 9.87. The van der Waals surface area contributed by atoms with E-state index in [-0.39, 0.29) is 18.2 Å². The average molecular weight is 435 g/mol. The fourth-order valence-electron chi connectivity index (χ4n) is 3.57. The molecule has 7 nitrogen and oxygen atoms in total. The predicted molar refractivity (Wildman–Crippen MR) is 112 cm³/mol. The molecule has 3 aromatic rings. The van der Waals surface area contributed by atoms with E-state index in [0.717, 1.165) is 0 Å². The van der Waals surface area contributed by atoms with Crippen LogP contribution in [0.15, 0.2) is 43.0 Å². The Kier molecular flexibility index (Phi) is 5.30. The molecule has 0 unspecified atom stereocenters. The van der Waals surface area contributed by atoms with Crippen LogP contribution in [0.3, 0.4) is 0 Å². The molecule has 0 spiro atoms. The molecule has 0 aliphatic carbocycles. The summed E-state index contributed by atoms with van der Waals surface area (Å²) in [6.45, 7) is 2.63. The minimum atomic E-state index is -2.96. The summed E-state index contributed by atoms with van der Waals surface area (Å²) < 4.78 is 29.5. The molecule has 0 saturated carbocycles. The van der Waals surface area contributed by atoms with Crippen molar-refractivity contribution < 1.29 is 18.3 Å². The molecule has 9 heteroatoms. The van der Waals surface area contributed by atoms with E-state index in [4.69, 9.17) is 0 Å². The topological polar surface area (TPSA) is 92.0 Å². The van der Waals surface area contributed by atoms with Crippen LogP contribution in [-0.2, 0) is 12.0 Å². The first-order valence-corrected chi connectivity index (χ1v) is 9.79. The Bertz CT molecular complexity index is 1250. The molecule has 0 bridgehead atoms. The van der Waals surface area contributed by atoms with Gasteiger partial charge in [-0.15, -0.1) is 0 Å². The van der Waals surface area contributed by atoms with Crippen molar-refractivity contribution in [1.82, 2.24) is 15.0 Å². The Morgan fingerprint density at radius 1 is 1.16 bits per heavy atom. The SMILES string of the molecule is Cc1cc(-c2cncc(OC(F)F)c2)nc2c1C(=O)N(c1cncc(C(C)(C)C#N)c1)C2. The van der Waals surface area contributed by atoms with Crippen molar-refractivity contribution in [2.24, 2.45) is 0 Å².